The Morgan fingerprint density at radius 1 is 1.35 bits per heavy atom. The number of nitrogens with one attached hydrogen (secondary N) is 2. The number of aromatic amines is 2. The Morgan fingerprint density at radius 3 is 2.65 bits per heavy atom. The molecule has 0 spiro atoms. The Balaban J connectivity index is 2.59. The van der Waals surface area contributed by atoms with Crippen LogP contribution in [0.3, 0.4) is 0 Å². The van der Waals surface area contributed by atoms with Crippen LogP contribution in [0.15, 0.2) is 23.0 Å². The highest BCUT2D eigenvalue weighted by molar-refractivity contribution is 7.71. The molecule has 0 aliphatic carbocycles. The first kappa shape index (κ1) is 14.9. The third-order valence-electron chi connectivity index (χ3n) is 3.05. The molecule has 1 heterocycles. The minimum absolute atomic E-state index is 0.00820. The summed E-state index contributed by atoms with van der Waals surface area (Å²) in [5, 5.41) is 0.333. The van der Waals surface area contributed by atoms with Crippen LogP contribution < -0.4 is 5.56 Å². The lowest BCUT2D eigenvalue weighted by atomic mass is 9.98. The second-order valence-corrected chi connectivity index (χ2v) is 5.65. The van der Waals surface area contributed by atoms with Gasteiger partial charge in [0.1, 0.15) is 5.82 Å². The summed E-state index contributed by atoms with van der Waals surface area (Å²) < 4.78 is 14.1. The molecule has 2 N–H and O–H groups in total. The summed E-state index contributed by atoms with van der Waals surface area (Å²) in [6.45, 7) is 3.79. The van der Waals surface area contributed by atoms with Crippen molar-refractivity contribution in [3.63, 3.8) is 0 Å². The van der Waals surface area contributed by atoms with Gasteiger partial charge in [-0.2, -0.15) is 0 Å². The first-order chi connectivity index (χ1) is 9.40. The van der Waals surface area contributed by atoms with E-state index in [1.54, 1.807) is 12.1 Å². The Morgan fingerprint density at radius 2 is 2.05 bits per heavy atom. The summed E-state index contributed by atoms with van der Waals surface area (Å²) in [5.41, 5.74) is 1.28. The molecule has 2 aromatic rings. The molecule has 0 amide bonds. The zero-order valence-corrected chi connectivity index (χ0v) is 12.7. The zero-order chi connectivity index (χ0) is 14.9. The molecule has 0 radical (unpaired) electrons. The van der Waals surface area contributed by atoms with Crippen LogP contribution in [0.4, 0.5) is 4.39 Å². The van der Waals surface area contributed by atoms with Crippen LogP contribution >= 0.6 is 23.8 Å². The predicted octanol–water partition coefficient (Wildman–Crippen LogP) is 3.94. The van der Waals surface area contributed by atoms with E-state index in [-0.39, 0.29) is 22.7 Å². The van der Waals surface area contributed by atoms with Gasteiger partial charge < -0.3 is 4.98 Å². The van der Waals surface area contributed by atoms with Crippen molar-refractivity contribution >= 4 is 23.8 Å². The third-order valence-corrected chi connectivity index (χ3v) is 3.61. The van der Waals surface area contributed by atoms with Crippen LogP contribution in [0.25, 0.3) is 0 Å². The first-order valence-corrected chi connectivity index (χ1v) is 6.97. The second-order valence-electron chi connectivity index (χ2n) is 4.83. The highest BCUT2D eigenvalue weighted by Crippen LogP contribution is 2.24. The van der Waals surface area contributed by atoms with Crippen LogP contribution in [0.2, 0.25) is 5.02 Å². The minimum atomic E-state index is -0.396. The van der Waals surface area contributed by atoms with Gasteiger partial charge in [-0.1, -0.05) is 31.5 Å². The number of benzene rings is 1. The van der Waals surface area contributed by atoms with Gasteiger partial charge >= 0.3 is 0 Å². The molecule has 1 aromatic carbocycles. The number of rotatable bonds is 3. The molecule has 3 nitrogen and oxygen atoms in total. The number of hydrogen-bond donors (Lipinski definition) is 2. The molecule has 6 heteroatoms. The summed E-state index contributed by atoms with van der Waals surface area (Å²) in [5.74, 6) is -0.405. The molecule has 20 heavy (non-hydrogen) atoms. The smallest absolute Gasteiger partial charge is 0.255 e. The highest BCUT2D eigenvalue weighted by atomic mass is 35.5. The lowest BCUT2D eigenvalue weighted by Crippen LogP contribution is -2.19. The van der Waals surface area contributed by atoms with Gasteiger partial charge in [0.05, 0.1) is 0 Å². The Labute approximate surface area is 125 Å². The van der Waals surface area contributed by atoms with Gasteiger partial charge in [-0.25, -0.2) is 4.39 Å². The second kappa shape index (κ2) is 5.89. The lowest BCUT2D eigenvalue weighted by Gasteiger charge is -2.13. The first-order valence-electron chi connectivity index (χ1n) is 6.18. The summed E-state index contributed by atoms with van der Waals surface area (Å²) >= 11 is 11.0. The van der Waals surface area contributed by atoms with Crippen molar-refractivity contribution in [2.45, 2.75) is 26.2 Å². The number of hydrogen-bond acceptors (Lipinski definition) is 2. The molecule has 1 aromatic heterocycles. The quantitative estimate of drug-likeness (QED) is 0.843. The van der Waals surface area contributed by atoms with Crippen molar-refractivity contribution in [1.29, 1.82) is 0 Å². The molecule has 106 valence electrons. The summed E-state index contributed by atoms with van der Waals surface area (Å²) in [6.07, 6.45) is 0.201. The molecular weight excluding hydrogens is 299 g/mol. The normalized spacial score (nSPS) is 11.1. The Bertz CT molecular complexity index is 731. The van der Waals surface area contributed by atoms with E-state index in [1.165, 1.54) is 6.07 Å². The van der Waals surface area contributed by atoms with E-state index in [0.29, 0.717) is 21.8 Å². The Hall–Kier alpha value is -1.46. The van der Waals surface area contributed by atoms with E-state index in [2.05, 4.69) is 9.97 Å². The Kier molecular flexibility index (Phi) is 4.40. The fourth-order valence-electron chi connectivity index (χ4n) is 2.17. The van der Waals surface area contributed by atoms with E-state index in [9.17, 15) is 9.18 Å². The van der Waals surface area contributed by atoms with Gasteiger partial charge in [-0.3, -0.25) is 9.78 Å². The van der Waals surface area contributed by atoms with E-state index >= 15 is 0 Å². The molecule has 2 rings (SSSR count). The third kappa shape index (κ3) is 2.99. The van der Waals surface area contributed by atoms with Crippen molar-refractivity contribution in [3.05, 3.63) is 61.0 Å². The monoisotopic (exact) mass is 312 g/mol. The maximum atomic E-state index is 13.9. The largest absolute Gasteiger partial charge is 0.335 e. The highest BCUT2D eigenvalue weighted by Gasteiger charge is 2.16. The van der Waals surface area contributed by atoms with Gasteiger partial charge in [0.25, 0.3) is 5.56 Å². The SMILES string of the molecule is CC(C)c1c(Cc2c(F)cccc2Cl)[nH]c(=S)[nH]c1=O. The van der Waals surface area contributed by atoms with E-state index < -0.39 is 5.82 Å². The molecule has 0 saturated carbocycles. The molecule has 0 fully saturated rings. The van der Waals surface area contributed by atoms with Gasteiger partial charge in [0.15, 0.2) is 4.77 Å². The van der Waals surface area contributed by atoms with Crippen molar-refractivity contribution in [2.75, 3.05) is 0 Å². The van der Waals surface area contributed by atoms with Gasteiger partial charge in [-0.05, 0) is 30.3 Å². The maximum absolute atomic E-state index is 13.9. The molecule has 0 saturated heterocycles. The molecule has 0 atom stereocenters. The van der Waals surface area contributed by atoms with Crippen LogP contribution in [-0.2, 0) is 6.42 Å². The number of H-pyrrole nitrogens is 2. The van der Waals surface area contributed by atoms with Crippen LogP contribution in [0.5, 0.6) is 0 Å². The summed E-state index contributed by atoms with van der Waals surface area (Å²) in [7, 11) is 0. The molecule has 0 unspecified atom stereocenters. The van der Waals surface area contributed by atoms with Crippen molar-refractivity contribution in [2.24, 2.45) is 0 Å². The number of halogens is 2. The number of aromatic nitrogens is 2. The van der Waals surface area contributed by atoms with Crippen LogP contribution in [0, 0.1) is 10.6 Å². The summed E-state index contributed by atoms with van der Waals surface area (Å²) in [4.78, 5) is 17.5. The van der Waals surface area contributed by atoms with Gasteiger partial charge in [0.2, 0.25) is 0 Å². The average molecular weight is 313 g/mol. The van der Waals surface area contributed by atoms with Crippen molar-refractivity contribution in [3.8, 4) is 0 Å². The predicted molar refractivity (Wildman–Crippen MR) is 80.6 cm³/mol. The molecular formula is C14H14ClFN2OS. The molecule has 0 aliphatic heterocycles. The fourth-order valence-corrected chi connectivity index (χ4v) is 2.62. The van der Waals surface area contributed by atoms with Crippen LogP contribution in [-0.4, -0.2) is 9.97 Å². The maximum Gasteiger partial charge on any atom is 0.255 e. The van der Waals surface area contributed by atoms with E-state index in [1.807, 2.05) is 13.8 Å². The topological polar surface area (TPSA) is 48.6 Å². The van der Waals surface area contributed by atoms with Gasteiger partial charge in [0, 0.05) is 28.3 Å². The average Bonchev–Trinajstić information content (AvgIpc) is 2.32. The van der Waals surface area contributed by atoms with E-state index in [0.717, 1.165) is 0 Å². The van der Waals surface area contributed by atoms with Gasteiger partial charge in [-0.15, -0.1) is 0 Å². The summed E-state index contributed by atoms with van der Waals surface area (Å²) in [6, 6.07) is 4.51. The molecule has 0 bridgehead atoms. The lowest BCUT2D eigenvalue weighted by molar-refractivity contribution is 0.612. The van der Waals surface area contributed by atoms with Crippen LogP contribution in [0.1, 0.15) is 36.6 Å². The standard InChI is InChI=1S/C14H14ClFN2OS/c1-7(2)12-11(17-14(20)18-13(12)19)6-8-9(15)4-3-5-10(8)16/h3-5,7H,6H2,1-2H3,(H2,17,18,19,20). The van der Waals surface area contributed by atoms with E-state index in [4.69, 9.17) is 23.8 Å². The minimum Gasteiger partial charge on any atom is -0.335 e. The molecule has 0 aliphatic rings. The fraction of sp³-hybridized carbons (Fsp3) is 0.286. The van der Waals surface area contributed by atoms with Crippen molar-refractivity contribution in [1.82, 2.24) is 9.97 Å². The van der Waals surface area contributed by atoms with Crippen molar-refractivity contribution < 1.29 is 4.39 Å². The zero-order valence-electron chi connectivity index (χ0n) is 11.1.